The van der Waals surface area contributed by atoms with Crippen molar-refractivity contribution in [3.05, 3.63) is 40.6 Å². The molecule has 0 saturated carbocycles. The zero-order valence-corrected chi connectivity index (χ0v) is 12.9. The number of hydrogen-bond donors (Lipinski definition) is 1. The van der Waals surface area contributed by atoms with Crippen LogP contribution >= 0.6 is 11.6 Å². The normalized spacial score (nSPS) is 14.8. The Morgan fingerprint density at radius 3 is 2.77 bits per heavy atom. The van der Waals surface area contributed by atoms with Crippen LogP contribution in [0.4, 0.5) is 10.2 Å². The summed E-state index contributed by atoms with van der Waals surface area (Å²) in [6.07, 6.45) is 1.41. The van der Waals surface area contributed by atoms with Crippen LogP contribution in [0.5, 0.6) is 0 Å². The number of carbonyl (C=O) groups excluding carboxylic acids is 1. The number of anilines is 1. The fraction of sp³-hybridized carbons (Fsp3) is 0.357. The first-order chi connectivity index (χ1) is 10.4. The zero-order chi connectivity index (χ0) is 15.9. The molecule has 1 fully saturated rings. The number of pyridine rings is 1. The standard InChI is InChI=1S/C14H15ClFN5O/c1-8-3-12(20(2)19-8)14(22)18-10-6-21(7-10)13-11(16)4-9(15)5-17-13/h3-5,10H,6-7H2,1-2H3,(H,18,22). The van der Waals surface area contributed by atoms with Gasteiger partial charge >= 0.3 is 0 Å². The summed E-state index contributed by atoms with van der Waals surface area (Å²) in [7, 11) is 1.72. The third kappa shape index (κ3) is 2.76. The van der Waals surface area contributed by atoms with E-state index >= 15 is 0 Å². The maximum Gasteiger partial charge on any atom is 0.269 e. The maximum absolute atomic E-state index is 13.7. The molecule has 3 rings (SSSR count). The highest BCUT2D eigenvalue weighted by Crippen LogP contribution is 2.24. The molecule has 0 aliphatic carbocycles. The van der Waals surface area contributed by atoms with E-state index in [4.69, 9.17) is 11.6 Å². The largest absolute Gasteiger partial charge is 0.350 e. The molecular formula is C14H15ClFN5O. The van der Waals surface area contributed by atoms with E-state index in [9.17, 15) is 9.18 Å². The molecule has 1 saturated heterocycles. The minimum absolute atomic E-state index is 0.0421. The summed E-state index contributed by atoms with van der Waals surface area (Å²) < 4.78 is 15.3. The number of halogens is 2. The summed E-state index contributed by atoms with van der Waals surface area (Å²) in [6, 6.07) is 2.92. The number of amides is 1. The monoisotopic (exact) mass is 323 g/mol. The SMILES string of the molecule is Cc1cc(C(=O)NC2CN(c3ncc(Cl)cc3F)C2)n(C)n1. The van der Waals surface area contributed by atoms with Gasteiger partial charge < -0.3 is 10.2 Å². The van der Waals surface area contributed by atoms with Crippen molar-refractivity contribution in [3.63, 3.8) is 0 Å². The highest BCUT2D eigenvalue weighted by molar-refractivity contribution is 6.30. The predicted octanol–water partition coefficient (Wildman–Crippen LogP) is 1.53. The Kier molecular flexibility index (Phi) is 3.74. The topological polar surface area (TPSA) is 63.1 Å². The molecule has 22 heavy (non-hydrogen) atoms. The van der Waals surface area contributed by atoms with Crippen LogP contribution in [0.15, 0.2) is 18.3 Å². The van der Waals surface area contributed by atoms with Crippen LogP contribution in [0.25, 0.3) is 0 Å². The molecule has 2 aromatic rings. The molecule has 0 atom stereocenters. The van der Waals surface area contributed by atoms with Crippen molar-refractivity contribution in [2.45, 2.75) is 13.0 Å². The number of nitrogens with one attached hydrogen (secondary N) is 1. The lowest BCUT2D eigenvalue weighted by molar-refractivity contribution is 0.0920. The van der Waals surface area contributed by atoms with Crippen LogP contribution in [0.2, 0.25) is 5.02 Å². The van der Waals surface area contributed by atoms with E-state index in [1.807, 2.05) is 6.92 Å². The quantitative estimate of drug-likeness (QED) is 0.930. The third-order valence-electron chi connectivity index (χ3n) is 3.54. The van der Waals surface area contributed by atoms with Crippen molar-refractivity contribution in [2.75, 3.05) is 18.0 Å². The number of nitrogens with zero attached hydrogens (tertiary/aromatic N) is 4. The molecule has 0 spiro atoms. The van der Waals surface area contributed by atoms with Gasteiger partial charge in [0, 0.05) is 26.3 Å². The van der Waals surface area contributed by atoms with Crippen molar-refractivity contribution in [1.29, 1.82) is 0 Å². The minimum atomic E-state index is -0.459. The van der Waals surface area contributed by atoms with E-state index in [0.29, 0.717) is 18.8 Å². The summed E-state index contributed by atoms with van der Waals surface area (Å²) in [6.45, 7) is 2.85. The maximum atomic E-state index is 13.7. The summed E-state index contributed by atoms with van der Waals surface area (Å²) in [5.41, 5.74) is 1.29. The molecule has 0 unspecified atom stereocenters. The number of hydrogen-bond acceptors (Lipinski definition) is 4. The molecule has 0 aromatic carbocycles. The molecule has 1 amide bonds. The molecule has 1 aliphatic rings. The second-order valence-electron chi connectivity index (χ2n) is 5.33. The van der Waals surface area contributed by atoms with Gasteiger partial charge in [-0.05, 0) is 19.1 Å². The second kappa shape index (κ2) is 5.57. The lowest BCUT2D eigenvalue weighted by atomic mass is 10.1. The van der Waals surface area contributed by atoms with Crippen LogP contribution in [0.1, 0.15) is 16.2 Å². The van der Waals surface area contributed by atoms with Crippen LogP contribution < -0.4 is 10.2 Å². The Morgan fingerprint density at radius 1 is 1.45 bits per heavy atom. The van der Waals surface area contributed by atoms with Crippen molar-refractivity contribution in [2.24, 2.45) is 7.05 Å². The van der Waals surface area contributed by atoms with Crippen LogP contribution in [0, 0.1) is 12.7 Å². The molecule has 6 nitrogen and oxygen atoms in total. The molecule has 1 N–H and O–H groups in total. The summed E-state index contributed by atoms with van der Waals surface area (Å²) in [5, 5.41) is 7.30. The first-order valence-electron chi connectivity index (χ1n) is 6.81. The predicted molar refractivity (Wildman–Crippen MR) is 80.6 cm³/mol. The number of rotatable bonds is 3. The van der Waals surface area contributed by atoms with Gasteiger partial charge in [-0.15, -0.1) is 0 Å². The lowest BCUT2D eigenvalue weighted by Crippen LogP contribution is -2.60. The van der Waals surface area contributed by atoms with Gasteiger partial charge in [-0.1, -0.05) is 11.6 Å². The Hall–Kier alpha value is -2.15. The Labute approximate surface area is 131 Å². The van der Waals surface area contributed by atoms with Crippen molar-refractivity contribution >= 4 is 23.3 Å². The van der Waals surface area contributed by atoms with Gasteiger partial charge in [-0.3, -0.25) is 9.48 Å². The van der Waals surface area contributed by atoms with Gasteiger partial charge in [0.2, 0.25) is 0 Å². The van der Waals surface area contributed by atoms with Crippen molar-refractivity contribution in [1.82, 2.24) is 20.1 Å². The van der Waals surface area contributed by atoms with Crippen LogP contribution in [0.3, 0.4) is 0 Å². The van der Waals surface area contributed by atoms with Gasteiger partial charge in [0.15, 0.2) is 11.6 Å². The lowest BCUT2D eigenvalue weighted by Gasteiger charge is -2.40. The third-order valence-corrected chi connectivity index (χ3v) is 3.75. The molecule has 116 valence electrons. The molecular weight excluding hydrogens is 309 g/mol. The molecule has 0 bridgehead atoms. The van der Waals surface area contributed by atoms with E-state index in [2.05, 4.69) is 15.4 Å². The van der Waals surface area contributed by atoms with Crippen LogP contribution in [-0.2, 0) is 7.05 Å². The Bertz CT molecular complexity index is 726. The van der Waals surface area contributed by atoms with Crippen molar-refractivity contribution < 1.29 is 9.18 Å². The molecule has 3 heterocycles. The molecule has 8 heteroatoms. The highest BCUT2D eigenvalue weighted by Gasteiger charge is 2.31. The van der Waals surface area contributed by atoms with Gasteiger partial charge in [-0.2, -0.15) is 5.10 Å². The number of aromatic nitrogens is 3. The second-order valence-corrected chi connectivity index (χ2v) is 5.77. The first-order valence-corrected chi connectivity index (χ1v) is 7.19. The van der Waals surface area contributed by atoms with E-state index in [1.54, 1.807) is 22.7 Å². The zero-order valence-electron chi connectivity index (χ0n) is 12.2. The molecule has 1 aliphatic heterocycles. The van der Waals surface area contributed by atoms with Gasteiger partial charge in [0.25, 0.3) is 5.91 Å². The summed E-state index contributed by atoms with van der Waals surface area (Å²) in [5.74, 6) is -0.386. The van der Waals surface area contributed by atoms with Gasteiger partial charge in [0.05, 0.1) is 16.8 Å². The molecule has 2 aromatic heterocycles. The van der Waals surface area contributed by atoms with Gasteiger partial charge in [0.1, 0.15) is 5.69 Å². The Balaban J connectivity index is 1.60. The smallest absolute Gasteiger partial charge is 0.269 e. The Morgan fingerprint density at radius 2 is 2.18 bits per heavy atom. The summed E-state index contributed by atoms with van der Waals surface area (Å²) in [4.78, 5) is 17.9. The average Bonchev–Trinajstić information content (AvgIpc) is 2.73. The van der Waals surface area contributed by atoms with Crippen molar-refractivity contribution in [3.8, 4) is 0 Å². The van der Waals surface area contributed by atoms with E-state index in [1.165, 1.54) is 12.3 Å². The van der Waals surface area contributed by atoms with E-state index in [-0.39, 0.29) is 22.8 Å². The highest BCUT2D eigenvalue weighted by atomic mass is 35.5. The average molecular weight is 324 g/mol. The molecule has 0 radical (unpaired) electrons. The number of aryl methyl sites for hydroxylation is 2. The van der Waals surface area contributed by atoms with Crippen LogP contribution in [-0.4, -0.2) is 39.8 Å². The fourth-order valence-electron chi connectivity index (χ4n) is 2.47. The first kappa shape index (κ1) is 14.8. The van der Waals surface area contributed by atoms with E-state index < -0.39 is 5.82 Å². The van der Waals surface area contributed by atoms with Gasteiger partial charge in [-0.25, -0.2) is 9.37 Å². The van der Waals surface area contributed by atoms with E-state index in [0.717, 1.165) is 5.69 Å². The minimum Gasteiger partial charge on any atom is -0.350 e. The summed E-state index contributed by atoms with van der Waals surface area (Å²) >= 11 is 5.68. The number of carbonyl (C=O) groups is 1. The fourth-order valence-corrected chi connectivity index (χ4v) is 2.61.